The number of carbonyl (C=O) groups is 2. The van der Waals surface area contributed by atoms with Crippen LogP contribution in [0, 0.1) is 6.92 Å². The molecule has 0 fully saturated rings. The number of anilines is 1. The topological polar surface area (TPSA) is 46.6 Å². The predicted molar refractivity (Wildman–Crippen MR) is 95.5 cm³/mol. The van der Waals surface area contributed by atoms with Crippen molar-refractivity contribution in [3.05, 3.63) is 65.2 Å². The van der Waals surface area contributed by atoms with E-state index in [4.69, 9.17) is 4.74 Å². The first-order valence-corrected chi connectivity index (χ1v) is 8.23. The van der Waals surface area contributed by atoms with Crippen LogP contribution in [0.3, 0.4) is 0 Å². The average molecular weight is 325 g/mol. The molecule has 0 saturated heterocycles. The molecule has 0 unspecified atom stereocenters. The number of hydrogen-bond donors (Lipinski definition) is 0. The van der Waals surface area contributed by atoms with Crippen molar-refractivity contribution in [3.8, 4) is 0 Å². The van der Waals surface area contributed by atoms with Crippen molar-refractivity contribution in [1.29, 1.82) is 0 Å². The molecule has 0 aliphatic carbocycles. The van der Waals surface area contributed by atoms with E-state index < -0.39 is 5.97 Å². The van der Waals surface area contributed by atoms with Crippen LogP contribution in [0.1, 0.15) is 46.5 Å². The molecule has 4 nitrogen and oxygen atoms in total. The van der Waals surface area contributed by atoms with Gasteiger partial charge in [0, 0.05) is 12.2 Å². The van der Waals surface area contributed by atoms with Crippen LogP contribution in [-0.4, -0.2) is 25.0 Å². The number of rotatable bonds is 6. The Bertz CT molecular complexity index is 724. The number of benzene rings is 2. The van der Waals surface area contributed by atoms with Crippen molar-refractivity contribution in [2.75, 3.05) is 18.1 Å². The van der Waals surface area contributed by atoms with E-state index in [0.717, 1.165) is 17.7 Å². The molecule has 0 radical (unpaired) electrons. The normalized spacial score (nSPS) is 10.3. The third-order valence-corrected chi connectivity index (χ3v) is 3.69. The molecule has 0 bridgehead atoms. The molecule has 0 atom stereocenters. The third-order valence-electron chi connectivity index (χ3n) is 3.69. The summed E-state index contributed by atoms with van der Waals surface area (Å²) in [4.78, 5) is 26.9. The summed E-state index contributed by atoms with van der Waals surface area (Å²) >= 11 is 0. The Labute approximate surface area is 143 Å². The van der Waals surface area contributed by atoms with E-state index in [0.29, 0.717) is 24.3 Å². The van der Waals surface area contributed by atoms with Gasteiger partial charge in [-0.25, -0.2) is 4.79 Å². The predicted octanol–water partition coefficient (Wildman–Crippen LogP) is 4.23. The number of amides is 1. The van der Waals surface area contributed by atoms with E-state index in [1.165, 1.54) is 0 Å². The lowest BCUT2D eigenvalue weighted by Gasteiger charge is -2.22. The molecule has 126 valence electrons. The second kappa shape index (κ2) is 8.29. The Morgan fingerprint density at radius 2 is 1.71 bits per heavy atom. The molecule has 0 N–H and O–H groups in total. The smallest absolute Gasteiger partial charge is 0.338 e. The van der Waals surface area contributed by atoms with Gasteiger partial charge in [0.05, 0.1) is 17.7 Å². The van der Waals surface area contributed by atoms with Crippen LogP contribution in [0.2, 0.25) is 0 Å². The molecule has 0 aromatic heterocycles. The average Bonchev–Trinajstić information content (AvgIpc) is 2.60. The molecule has 2 aromatic carbocycles. The van der Waals surface area contributed by atoms with E-state index in [2.05, 4.69) is 0 Å². The molecule has 0 saturated carbocycles. The third kappa shape index (κ3) is 4.02. The molecule has 0 heterocycles. The molecule has 24 heavy (non-hydrogen) atoms. The van der Waals surface area contributed by atoms with Gasteiger partial charge in [-0.2, -0.15) is 0 Å². The fourth-order valence-electron chi connectivity index (χ4n) is 2.50. The zero-order valence-corrected chi connectivity index (χ0v) is 14.4. The summed E-state index contributed by atoms with van der Waals surface area (Å²) in [5.74, 6) is -0.659. The fourth-order valence-corrected chi connectivity index (χ4v) is 2.50. The van der Waals surface area contributed by atoms with Crippen molar-refractivity contribution in [1.82, 2.24) is 0 Å². The van der Waals surface area contributed by atoms with Gasteiger partial charge in [-0.15, -0.1) is 0 Å². The molecular formula is C20H23NO3. The lowest BCUT2D eigenvalue weighted by atomic mass is 10.1. The van der Waals surface area contributed by atoms with Gasteiger partial charge in [-0.1, -0.05) is 31.2 Å². The Morgan fingerprint density at radius 3 is 2.33 bits per heavy atom. The summed E-state index contributed by atoms with van der Waals surface area (Å²) in [5.41, 5.74) is 2.57. The molecule has 4 heteroatoms. The molecule has 0 spiro atoms. The van der Waals surface area contributed by atoms with Crippen molar-refractivity contribution in [3.63, 3.8) is 0 Å². The summed E-state index contributed by atoms with van der Waals surface area (Å²) in [6.07, 6.45) is 0.742. The van der Waals surface area contributed by atoms with Crippen LogP contribution < -0.4 is 4.90 Å². The lowest BCUT2D eigenvalue weighted by molar-refractivity contribution is 0.0502. The Morgan fingerprint density at radius 1 is 1.00 bits per heavy atom. The maximum absolute atomic E-state index is 13.0. The van der Waals surface area contributed by atoms with E-state index in [1.807, 2.05) is 45.0 Å². The van der Waals surface area contributed by atoms with Crippen LogP contribution >= 0.6 is 0 Å². The summed E-state index contributed by atoms with van der Waals surface area (Å²) < 4.78 is 5.20. The fraction of sp³-hybridized carbons (Fsp3) is 0.300. The Kier molecular flexibility index (Phi) is 6.13. The molecule has 0 aliphatic heterocycles. The van der Waals surface area contributed by atoms with Crippen LogP contribution in [0.15, 0.2) is 48.5 Å². The van der Waals surface area contributed by atoms with E-state index in [1.54, 1.807) is 29.2 Å². The highest BCUT2D eigenvalue weighted by atomic mass is 16.5. The first kappa shape index (κ1) is 17.7. The van der Waals surface area contributed by atoms with Crippen LogP contribution in [0.25, 0.3) is 0 Å². The highest BCUT2D eigenvalue weighted by molar-refractivity contribution is 6.12. The van der Waals surface area contributed by atoms with Crippen molar-refractivity contribution < 1.29 is 14.3 Å². The van der Waals surface area contributed by atoms with Gasteiger partial charge >= 0.3 is 5.97 Å². The van der Waals surface area contributed by atoms with Crippen molar-refractivity contribution in [2.24, 2.45) is 0 Å². The quantitative estimate of drug-likeness (QED) is 0.747. The first-order chi connectivity index (χ1) is 11.6. The minimum absolute atomic E-state index is 0.202. The summed E-state index contributed by atoms with van der Waals surface area (Å²) in [7, 11) is 0. The van der Waals surface area contributed by atoms with Gasteiger partial charge in [0.15, 0.2) is 0 Å². The highest BCUT2D eigenvalue weighted by Gasteiger charge is 2.22. The Hall–Kier alpha value is -2.62. The molecule has 0 aliphatic rings. The van der Waals surface area contributed by atoms with Gasteiger partial charge in [0.25, 0.3) is 5.91 Å². The van der Waals surface area contributed by atoms with E-state index in [9.17, 15) is 9.59 Å². The zero-order valence-electron chi connectivity index (χ0n) is 14.4. The molecule has 1 amide bonds. The summed E-state index contributed by atoms with van der Waals surface area (Å²) in [6.45, 7) is 6.69. The second-order valence-corrected chi connectivity index (χ2v) is 5.57. The van der Waals surface area contributed by atoms with Crippen molar-refractivity contribution in [2.45, 2.75) is 27.2 Å². The minimum Gasteiger partial charge on any atom is -0.462 e. The number of ether oxygens (including phenoxy) is 1. The maximum atomic E-state index is 13.0. The zero-order chi connectivity index (χ0) is 17.5. The number of aryl methyl sites for hydroxylation is 1. The van der Waals surface area contributed by atoms with Gasteiger partial charge in [-0.3, -0.25) is 4.79 Å². The van der Waals surface area contributed by atoms with Crippen LogP contribution in [0.4, 0.5) is 5.69 Å². The second-order valence-electron chi connectivity index (χ2n) is 5.57. The van der Waals surface area contributed by atoms with Gasteiger partial charge in [0.1, 0.15) is 0 Å². The Balaban J connectivity index is 2.36. The van der Waals surface area contributed by atoms with E-state index >= 15 is 0 Å². The standard InChI is InChI=1S/C20H23NO3/c1-4-13-24-20(23)18-12-7-6-11-17(18)19(22)21(5-2)16-10-8-9-15(3)14-16/h6-12,14H,4-5,13H2,1-3H3. The molecule has 2 aromatic rings. The lowest BCUT2D eigenvalue weighted by Crippen LogP contribution is -2.32. The van der Waals surface area contributed by atoms with Gasteiger partial charge in [0.2, 0.25) is 0 Å². The molecular weight excluding hydrogens is 302 g/mol. The van der Waals surface area contributed by atoms with Crippen molar-refractivity contribution >= 4 is 17.6 Å². The minimum atomic E-state index is -0.457. The maximum Gasteiger partial charge on any atom is 0.338 e. The largest absolute Gasteiger partial charge is 0.462 e. The summed E-state index contributed by atoms with van der Waals surface area (Å²) in [6, 6.07) is 14.6. The number of hydrogen-bond acceptors (Lipinski definition) is 3. The number of nitrogens with zero attached hydrogens (tertiary/aromatic N) is 1. The SMILES string of the molecule is CCCOC(=O)c1ccccc1C(=O)N(CC)c1cccc(C)c1. The first-order valence-electron chi connectivity index (χ1n) is 8.23. The van der Waals surface area contributed by atoms with Crippen LogP contribution in [0.5, 0.6) is 0 Å². The van der Waals surface area contributed by atoms with E-state index in [-0.39, 0.29) is 5.91 Å². The molecule has 2 rings (SSSR count). The highest BCUT2D eigenvalue weighted by Crippen LogP contribution is 2.21. The van der Waals surface area contributed by atoms with Gasteiger partial charge in [-0.05, 0) is 50.1 Å². The number of carbonyl (C=O) groups excluding carboxylic acids is 2. The monoisotopic (exact) mass is 325 g/mol. The summed E-state index contributed by atoms with van der Waals surface area (Å²) in [5, 5.41) is 0. The van der Waals surface area contributed by atoms with Crippen LogP contribution in [-0.2, 0) is 4.74 Å². The van der Waals surface area contributed by atoms with Gasteiger partial charge < -0.3 is 9.64 Å². The number of esters is 1.